The second kappa shape index (κ2) is 6.31. The van der Waals surface area contributed by atoms with Crippen LogP contribution in [0, 0.1) is 0 Å². The van der Waals surface area contributed by atoms with E-state index in [1.165, 1.54) is 0 Å². The third-order valence-electron chi connectivity index (χ3n) is 4.44. The Bertz CT molecular complexity index is 845. The topological polar surface area (TPSA) is 62.5 Å². The monoisotopic (exact) mass is 321 g/mol. The Morgan fingerprint density at radius 3 is 2.83 bits per heavy atom. The number of amides is 2. The summed E-state index contributed by atoms with van der Waals surface area (Å²) in [6.07, 6.45) is 3.84. The van der Waals surface area contributed by atoms with E-state index in [0.29, 0.717) is 6.54 Å². The lowest BCUT2D eigenvalue weighted by Gasteiger charge is -2.23. The van der Waals surface area contributed by atoms with Crippen LogP contribution in [-0.2, 0) is 6.54 Å². The van der Waals surface area contributed by atoms with Crippen LogP contribution in [0.2, 0.25) is 0 Å². The van der Waals surface area contributed by atoms with Crippen LogP contribution in [0.25, 0.3) is 5.65 Å². The highest BCUT2D eigenvalue weighted by atomic mass is 16.2. The van der Waals surface area contributed by atoms with Crippen molar-refractivity contribution in [2.24, 2.45) is 0 Å². The summed E-state index contributed by atoms with van der Waals surface area (Å²) in [4.78, 5) is 14.5. The first kappa shape index (κ1) is 14.7. The van der Waals surface area contributed by atoms with E-state index in [1.54, 1.807) is 0 Å². The molecule has 0 bridgehead atoms. The van der Waals surface area contributed by atoms with E-state index in [9.17, 15) is 4.79 Å². The van der Waals surface area contributed by atoms with Crippen molar-refractivity contribution < 1.29 is 4.79 Å². The van der Waals surface area contributed by atoms with Gasteiger partial charge in [-0.3, -0.25) is 4.40 Å². The number of benzene rings is 1. The second-order valence-electron chi connectivity index (χ2n) is 5.98. The first-order valence-electron chi connectivity index (χ1n) is 8.21. The molecule has 122 valence electrons. The minimum atomic E-state index is -0.0472. The predicted molar refractivity (Wildman–Crippen MR) is 90.3 cm³/mol. The molecule has 1 N–H and O–H groups in total. The average molecular weight is 321 g/mol. The fourth-order valence-electron chi connectivity index (χ4n) is 3.24. The van der Waals surface area contributed by atoms with Gasteiger partial charge in [-0.25, -0.2) is 4.79 Å². The van der Waals surface area contributed by atoms with E-state index >= 15 is 0 Å². The number of rotatable bonds is 3. The molecular formula is C18H19N5O. The first-order chi connectivity index (χ1) is 11.8. The zero-order chi connectivity index (χ0) is 16.4. The molecule has 0 unspecified atom stereocenters. The van der Waals surface area contributed by atoms with Crippen LogP contribution in [0.3, 0.4) is 0 Å². The van der Waals surface area contributed by atoms with Gasteiger partial charge < -0.3 is 10.2 Å². The minimum absolute atomic E-state index is 0.0295. The quantitative estimate of drug-likeness (QED) is 0.807. The summed E-state index contributed by atoms with van der Waals surface area (Å²) in [7, 11) is 0. The molecule has 24 heavy (non-hydrogen) atoms. The third kappa shape index (κ3) is 2.71. The van der Waals surface area contributed by atoms with Crippen molar-refractivity contribution in [3.63, 3.8) is 0 Å². The summed E-state index contributed by atoms with van der Waals surface area (Å²) in [5.74, 6) is 0.831. The van der Waals surface area contributed by atoms with Crippen molar-refractivity contribution >= 4 is 11.7 Å². The zero-order valence-electron chi connectivity index (χ0n) is 13.3. The first-order valence-corrected chi connectivity index (χ1v) is 8.21. The Labute approximate surface area is 140 Å². The van der Waals surface area contributed by atoms with Crippen LogP contribution >= 0.6 is 0 Å². The van der Waals surface area contributed by atoms with Crippen LogP contribution in [0.1, 0.15) is 30.3 Å². The molecule has 6 nitrogen and oxygen atoms in total. The Hall–Kier alpha value is -2.89. The SMILES string of the molecule is O=C(NCc1ccccc1)N1CCC[C@H]1c1nnc2ccccn12. The lowest BCUT2D eigenvalue weighted by Crippen LogP contribution is -2.39. The molecular weight excluding hydrogens is 302 g/mol. The van der Waals surface area contributed by atoms with Gasteiger partial charge in [-0.1, -0.05) is 36.4 Å². The molecule has 0 spiro atoms. The maximum Gasteiger partial charge on any atom is 0.318 e. The summed E-state index contributed by atoms with van der Waals surface area (Å²) >= 11 is 0. The maximum absolute atomic E-state index is 12.6. The molecule has 1 atom stereocenters. The van der Waals surface area contributed by atoms with Gasteiger partial charge in [0.15, 0.2) is 11.5 Å². The number of urea groups is 1. The average Bonchev–Trinajstić information content (AvgIpc) is 3.27. The van der Waals surface area contributed by atoms with Crippen LogP contribution < -0.4 is 5.32 Å². The van der Waals surface area contributed by atoms with Crippen molar-refractivity contribution in [2.45, 2.75) is 25.4 Å². The summed E-state index contributed by atoms with van der Waals surface area (Å²) in [6, 6.07) is 15.7. The fourth-order valence-corrected chi connectivity index (χ4v) is 3.24. The van der Waals surface area contributed by atoms with E-state index < -0.39 is 0 Å². The number of hydrogen-bond donors (Lipinski definition) is 1. The number of pyridine rings is 1. The Morgan fingerprint density at radius 2 is 1.96 bits per heavy atom. The standard InChI is InChI=1S/C18H19N5O/c24-18(19-13-14-7-2-1-3-8-14)22-12-6-9-15(22)17-21-20-16-10-4-5-11-23(16)17/h1-5,7-8,10-11,15H,6,9,12-13H2,(H,19,24)/t15-/m0/s1. The molecule has 4 rings (SSSR count). The molecule has 1 fully saturated rings. The van der Waals surface area contributed by atoms with E-state index in [2.05, 4.69) is 15.5 Å². The van der Waals surface area contributed by atoms with Crippen molar-refractivity contribution in [1.82, 2.24) is 24.8 Å². The van der Waals surface area contributed by atoms with E-state index in [0.717, 1.165) is 36.4 Å². The Morgan fingerprint density at radius 1 is 1.12 bits per heavy atom. The highest BCUT2D eigenvalue weighted by Gasteiger charge is 2.33. The molecule has 0 aliphatic carbocycles. The number of nitrogens with one attached hydrogen (secondary N) is 1. The molecule has 6 heteroatoms. The van der Waals surface area contributed by atoms with E-state index in [4.69, 9.17) is 0 Å². The van der Waals surface area contributed by atoms with Gasteiger partial charge in [-0.05, 0) is 30.5 Å². The normalized spacial score (nSPS) is 17.3. The van der Waals surface area contributed by atoms with Crippen molar-refractivity contribution in [2.75, 3.05) is 6.54 Å². The number of likely N-dealkylation sites (tertiary alicyclic amines) is 1. The van der Waals surface area contributed by atoms with Gasteiger partial charge in [-0.15, -0.1) is 10.2 Å². The highest BCUT2D eigenvalue weighted by Crippen LogP contribution is 2.30. The summed E-state index contributed by atoms with van der Waals surface area (Å²) in [5.41, 5.74) is 1.90. The lowest BCUT2D eigenvalue weighted by atomic mass is 10.2. The fraction of sp³-hybridized carbons (Fsp3) is 0.278. The zero-order valence-corrected chi connectivity index (χ0v) is 13.3. The van der Waals surface area contributed by atoms with Crippen LogP contribution in [0.15, 0.2) is 54.7 Å². The van der Waals surface area contributed by atoms with Gasteiger partial charge in [0.2, 0.25) is 0 Å². The number of nitrogens with zero attached hydrogens (tertiary/aromatic N) is 4. The molecule has 3 aromatic rings. The molecule has 0 radical (unpaired) electrons. The van der Waals surface area contributed by atoms with E-state index in [-0.39, 0.29) is 12.1 Å². The number of aromatic nitrogens is 3. The van der Waals surface area contributed by atoms with Gasteiger partial charge in [0.1, 0.15) is 0 Å². The number of fused-ring (bicyclic) bond motifs is 1. The minimum Gasteiger partial charge on any atom is -0.334 e. The molecule has 1 aliphatic heterocycles. The predicted octanol–water partition coefficient (Wildman–Crippen LogP) is 2.78. The highest BCUT2D eigenvalue weighted by molar-refractivity contribution is 5.75. The van der Waals surface area contributed by atoms with Crippen LogP contribution in [-0.4, -0.2) is 32.1 Å². The van der Waals surface area contributed by atoms with Crippen molar-refractivity contribution in [3.05, 3.63) is 66.1 Å². The third-order valence-corrected chi connectivity index (χ3v) is 4.44. The molecule has 3 heterocycles. The lowest BCUT2D eigenvalue weighted by molar-refractivity contribution is 0.190. The van der Waals surface area contributed by atoms with E-state index in [1.807, 2.05) is 64.0 Å². The van der Waals surface area contributed by atoms with Gasteiger partial charge in [0, 0.05) is 19.3 Å². The number of hydrogen-bond acceptors (Lipinski definition) is 3. The van der Waals surface area contributed by atoms with Crippen molar-refractivity contribution in [3.8, 4) is 0 Å². The van der Waals surface area contributed by atoms with Gasteiger partial charge in [0.25, 0.3) is 0 Å². The number of carbonyl (C=O) groups is 1. The number of carbonyl (C=O) groups excluding carboxylic acids is 1. The molecule has 1 aromatic carbocycles. The van der Waals surface area contributed by atoms with Gasteiger partial charge >= 0.3 is 6.03 Å². The summed E-state index contributed by atoms with van der Waals surface area (Å²) < 4.78 is 1.97. The van der Waals surface area contributed by atoms with Crippen LogP contribution in [0.5, 0.6) is 0 Å². The largest absolute Gasteiger partial charge is 0.334 e. The molecule has 2 amide bonds. The Kier molecular flexibility index (Phi) is 3.86. The molecule has 1 saturated heterocycles. The van der Waals surface area contributed by atoms with Crippen LogP contribution in [0.4, 0.5) is 4.79 Å². The Balaban J connectivity index is 1.51. The van der Waals surface area contributed by atoms with Crippen molar-refractivity contribution in [1.29, 1.82) is 0 Å². The smallest absolute Gasteiger partial charge is 0.318 e. The molecule has 1 aliphatic rings. The molecule has 0 saturated carbocycles. The summed E-state index contributed by atoms with van der Waals surface area (Å²) in [6.45, 7) is 1.27. The maximum atomic E-state index is 12.6. The van der Waals surface area contributed by atoms with Gasteiger partial charge in [0.05, 0.1) is 6.04 Å². The summed E-state index contributed by atoms with van der Waals surface area (Å²) in [5, 5.41) is 11.5. The second-order valence-corrected chi connectivity index (χ2v) is 5.98. The van der Waals surface area contributed by atoms with Gasteiger partial charge in [-0.2, -0.15) is 0 Å². The molecule has 2 aromatic heterocycles.